The summed E-state index contributed by atoms with van der Waals surface area (Å²) in [6, 6.07) is 0.626. The van der Waals surface area contributed by atoms with E-state index in [1.54, 1.807) is 0 Å². The topological polar surface area (TPSA) is 89.8 Å². The summed E-state index contributed by atoms with van der Waals surface area (Å²) in [5, 5.41) is 0. The van der Waals surface area contributed by atoms with Gasteiger partial charge in [0.15, 0.2) is 5.69 Å². The van der Waals surface area contributed by atoms with Crippen LogP contribution in [0, 0.1) is 0 Å². The molecule has 0 aliphatic rings. The summed E-state index contributed by atoms with van der Waals surface area (Å²) in [5.41, 5.74) is 5.83. The molecule has 72 valence electrons. The molecule has 0 fully saturated rings. The number of nitrogens with one attached hydrogen (secondary N) is 1. The molecule has 1 rings (SSSR count). The van der Waals surface area contributed by atoms with Crippen molar-refractivity contribution in [2.24, 2.45) is 5.84 Å². The van der Waals surface area contributed by atoms with Gasteiger partial charge in [-0.15, -0.1) is 0 Å². The number of aromatic nitrogens is 2. The highest BCUT2D eigenvalue weighted by molar-refractivity contribution is 5.38. The smallest absolute Gasteiger partial charge is 0.384 e. The number of hydrogen-bond donors (Lipinski definition) is 3. The van der Waals surface area contributed by atoms with Gasteiger partial charge >= 0.3 is 6.18 Å². The van der Waals surface area contributed by atoms with Gasteiger partial charge in [0.05, 0.1) is 0 Å². The summed E-state index contributed by atoms with van der Waals surface area (Å²) < 4.78 is 36.2. The first-order chi connectivity index (χ1) is 5.93. The Morgan fingerprint density at radius 2 is 1.92 bits per heavy atom. The van der Waals surface area contributed by atoms with E-state index in [0.29, 0.717) is 6.07 Å². The Balaban J connectivity index is 3.16. The quantitative estimate of drug-likeness (QED) is 0.442. The molecule has 0 saturated heterocycles. The molecule has 0 unspecified atom stereocenters. The average molecular weight is 193 g/mol. The molecule has 0 aromatic carbocycles. The Morgan fingerprint density at radius 1 is 1.31 bits per heavy atom. The van der Waals surface area contributed by atoms with Crippen LogP contribution in [0.3, 0.4) is 0 Å². The second-order valence-electron chi connectivity index (χ2n) is 2.14. The fraction of sp³-hybridized carbons (Fsp3) is 0.200. The highest BCUT2D eigenvalue weighted by Gasteiger charge is 2.33. The van der Waals surface area contributed by atoms with Gasteiger partial charge in [-0.05, 0) is 0 Å². The highest BCUT2D eigenvalue weighted by Crippen LogP contribution is 2.28. The number of nitrogens with zero attached hydrogens (tertiary/aromatic N) is 2. The van der Waals surface area contributed by atoms with E-state index in [2.05, 4.69) is 9.97 Å². The number of anilines is 2. The van der Waals surface area contributed by atoms with Gasteiger partial charge in [-0.25, -0.2) is 10.8 Å². The van der Waals surface area contributed by atoms with Crippen LogP contribution in [0.15, 0.2) is 6.07 Å². The minimum Gasteiger partial charge on any atom is -0.384 e. The molecule has 5 nitrogen and oxygen atoms in total. The molecule has 0 atom stereocenters. The van der Waals surface area contributed by atoms with Gasteiger partial charge in [-0.2, -0.15) is 18.2 Å². The fourth-order valence-corrected chi connectivity index (χ4v) is 0.676. The van der Waals surface area contributed by atoms with Crippen molar-refractivity contribution in [1.29, 1.82) is 0 Å². The zero-order valence-corrected chi connectivity index (χ0v) is 6.26. The summed E-state index contributed by atoms with van der Waals surface area (Å²) >= 11 is 0. The Kier molecular flexibility index (Phi) is 2.24. The third-order valence-electron chi connectivity index (χ3n) is 1.17. The second-order valence-corrected chi connectivity index (χ2v) is 2.14. The Morgan fingerprint density at radius 3 is 2.38 bits per heavy atom. The number of nitrogen functional groups attached to an aromatic ring is 2. The van der Waals surface area contributed by atoms with Gasteiger partial charge in [-0.1, -0.05) is 0 Å². The van der Waals surface area contributed by atoms with Crippen molar-refractivity contribution in [1.82, 2.24) is 9.97 Å². The van der Waals surface area contributed by atoms with E-state index in [9.17, 15) is 13.2 Å². The predicted octanol–water partition coefficient (Wildman–Crippen LogP) is 0.363. The van der Waals surface area contributed by atoms with E-state index in [1.165, 1.54) is 0 Å². The first kappa shape index (κ1) is 9.52. The molecule has 8 heteroatoms. The van der Waals surface area contributed by atoms with Crippen LogP contribution in [-0.4, -0.2) is 9.97 Å². The van der Waals surface area contributed by atoms with Crippen LogP contribution in [0.25, 0.3) is 0 Å². The maximum absolute atomic E-state index is 12.1. The summed E-state index contributed by atoms with van der Waals surface area (Å²) in [6.45, 7) is 0. The minimum atomic E-state index is -4.55. The van der Waals surface area contributed by atoms with E-state index >= 15 is 0 Å². The van der Waals surface area contributed by atoms with Crippen LogP contribution in [0.1, 0.15) is 5.69 Å². The molecule has 1 aromatic rings. The van der Waals surface area contributed by atoms with E-state index < -0.39 is 11.9 Å². The molecule has 1 aromatic heterocycles. The lowest BCUT2D eigenvalue weighted by atomic mass is 10.4. The Labute approximate surface area is 70.9 Å². The third kappa shape index (κ3) is 2.18. The maximum atomic E-state index is 12.1. The third-order valence-corrected chi connectivity index (χ3v) is 1.17. The van der Waals surface area contributed by atoms with E-state index in [0.717, 1.165) is 0 Å². The zero-order valence-electron chi connectivity index (χ0n) is 6.26. The highest BCUT2D eigenvalue weighted by atomic mass is 19.4. The first-order valence-corrected chi connectivity index (χ1v) is 3.12. The van der Waals surface area contributed by atoms with Crippen LogP contribution in [0.4, 0.5) is 24.9 Å². The zero-order chi connectivity index (χ0) is 10.1. The Bertz CT molecular complexity index is 310. The molecule has 13 heavy (non-hydrogen) atoms. The number of hydrazine groups is 1. The van der Waals surface area contributed by atoms with Crippen LogP contribution in [0.5, 0.6) is 0 Å². The number of nitrogens with two attached hydrogens (primary N) is 2. The SMILES string of the molecule is NNc1nc(N)cc(C(F)(F)F)n1. The number of alkyl halides is 3. The second kappa shape index (κ2) is 3.05. The van der Waals surface area contributed by atoms with Crippen LogP contribution in [0.2, 0.25) is 0 Å². The van der Waals surface area contributed by atoms with E-state index in [-0.39, 0.29) is 11.8 Å². The van der Waals surface area contributed by atoms with Crippen molar-refractivity contribution < 1.29 is 13.2 Å². The van der Waals surface area contributed by atoms with Crippen molar-refractivity contribution in [3.8, 4) is 0 Å². The summed E-state index contributed by atoms with van der Waals surface area (Å²) in [6.07, 6.45) is -4.55. The molecule has 0 radical (unpaired) electrons. The van der Waals surface area contributed by atoms with Gasteiger partial charge in [0.2, 0.25) is 5.95 Å². The molecular formula is C5H6F3N5. The monoisotopic (exact) mass is 193 g/mol. The first-order valence-electron chi connectivity index (χ1n) is 3.12. The van der Waals surface area contributed by atoms with Gasteiger partial charge < -0.3 is 5.73 Å². The van der Waals surface area contributed by atoms with Gasteiger partial charge in [0, 0.05) is 6.07 Å². The van der Waals surface area contributed by atoms with E-state index in [1.807, 2.05) is 5.43 Å². The Hall–Kier alpha value is -1.57. The predicted molar refractivity (Wildman–Crippen MR) is 39.3 cm³/mol. The van der Waals surface area contributed by atoms with Crippen molar-refractivity contribution in [2.75, 3.05) is 11.2 Å². The van der Waals surface area contributed by atoms with Crippen LogP contribution >= 0.6 is 0 Å². The van der Waals surface area contributed by atoms with Crippen LogP contribution in [-0.2, 0) is 6.18 Å². The van der Waals surface area contributed by atoms with Crippen molar-refractivity contribution in [3.05, 3.63) is 11.8 Å². The lowest BCUT2D eigenvalue weighted by Crippen LogP contribution is -2.16. The largest absolute Gasteiger partial charge is 0.433 e. The van der Waals surface area contributed by atoms with Crippen molar-refractivity contribution in [3.63, 3.8) is 0 Å². The molecule has 5 N–H and O–H groups in total. The summed E-state index contributed by atoms with van der Waals surface area (Å²) in [4.78, 5) is 6.47. The van der Waals surface area contributed by atoms with Crippen molar-refractivity contribution >= 4 is 11.8 Å². The van der Waals surface area contributed by atoms with Crippen LogP contribution < -0.4 is 17.0 Å². The molecule has 0 aliphatic carbocycles. The van der Waals surface area contributed by atoms with Gasteiger partial charge in [-0.3, -0.25) is 5.43 Å². The summed E-state index contributed by atoms with van der Waals surface area (Å²) in [5.74, 6) is 4.17. The van der Waals surface area contributed by atoms with Gasteiger partial charge in [0.25, 0.3) is 0 Å². The molecule has 0 amide bonds. The molecule has 0 saturated carbocycles. The fourth-order valence-electron chi connectivity index (χ4n) is 0.676. The maximum Gasteiger partial charge on any atom is 0.433 e. The average Bonchev–Trinajstić information content (AvgIpc) is 2.01. The molecule has 0 aliphatic heterocycles. The normalized spacial score (nSPS) is 11.4. The lowest BCUT2D eigenvalue weighted by molar-refractivity contribution is -0.141. The minimum absolute atomic E-state index is 0.296. The lowest BCUT2D eigenvalue weighted by Gasteiger charge is -2.07. The number of halogens is 3. The number of hydrogen-bond acceptors (Lipinski definition) is 5. The standard InChI is InChI=1S/C5H6F3N5/c6-5(7,8)2-1-3(9)12-4(11-2)13-10/h1H,10H2,(H3,9,11,12,13). The molecule has 1 heterocycles. The summed E-state index contributed by atoms with van der Waals surface area (Å²) in [7, 11) is 0. The molecular weight excluding hydrogens is 187 g/mol. The molecule has 0 spiro atoms. The molecule has 0 bridgehead atoms. The van der Waals surface area contributed by atoms with Gasteiger partial charge in [0.1, 0.15) is 5.82 Å². The number of rotatable bonds is 1. The van der Waals surface area contributed by atoms with E-state index in [4.69, 9.17) is 11.6 Å². The van der Waals surface area contributed by atoms with Crippen molar-refractivity contribution in [2.45, 2.75) is 6.18 Å².